The smallest absolute Gasteiger partial charge is 0.193 e. The minimum absolute atomic E-state index is 0.326. The molecule has 0 saturated carbocycles. The van der Waals surface area contributed by atoms with Gasteiger partial charge >= 0.3 is 0 Å². The minimum Gasteiger partial charge on any atom is -0.381 e. The quantitative estimate of drug-likeness (QED) is 0.617. The molecule has 0 atom stereocenters. The lowest BCUT2D eigenvalue weighted by atomic mass is 9.99. The summed E-state index contributed by atoms with van der Waals surface area (Å²) in [6.07, 6.45) is 2.30. The van der Waals surface area contributed by atoms with E-state index in [2.05, 4.69) is 10.3 Å². The molecule has 1 aliphatic heterocycles. The van der Waals surface area contributed by atoms with Gasteiger partial charge in [-0.1, -0.05) is 23.7 Å². The monoisotopic (exact) mass is 387 g/mol. The number of aliphatic imine (C=N–C) groups is 1. The lowest BCUT2D eigenvalue weighted by Gasteiger charge is -2.36. The molecule has 8 heteroatoms. The zero-order chi connectivity index (χ0) is 18.5. The maximum Gasteiger partial charge on any atom is 0.193 e. The van der Waals surface area contributed by atoms with Crippen LogP contribution in [0.1, 0.15) is 18.4 Å². The van der Waals surface area contributed by atoms with Crippen molar-refractivity contribution in [3.8, 4) is 0 Å². The van der Waals surface area contributed by atoms with E-state index in [1.165, 1.54) is 6.26 Å². The number of hydrogen-bond donors (Lipinski definition) is 1. The van der Waals surface area contributed by atoms with E-state index < -0.39 is 14.6 Å². The molecule has 1 N–H and O–H groups in total. The average molecular weight is 388 g/mol. The Morgan fingerprint density at radius 3 is 2.44 bits per heavy atom. The van der Waals surface area contributed by atoms with Gasteiger partial charge in [-0.05, 0) is 30.5 Å². The molecular weight excluding hydrogens is 362 g/mol. The Bertz CT molecular complexity index is 698. The normalized spacial score (nSPS) is 18.0. The van der Waals surface area contributed by atoms with Crippen LogP contribution < -0.4 is 5.32 Å². The molecule has 140 valence electrons. The summed E-state index contributed by atoms with van der Waals surface area (Å²) in [7, 11) is 0.399. The number of halogens is 1. The van der Waals surface area contributed by atoms with E-state index in [0.29, 0.717) is 50.1 Å². The largest absolute Gasteiger partial charge is 0.381 e. The van der Waals surface area contributed by atoms with Gasteiger partial charge in [0.05, 0.1) is 4.75 Å². The van der Waals surface area contributed by atoms with E-state index in [0.717, 1.165) is 5.56 Å². The molecule has 1 aromatic rings. The van der Waals surface area contributed by atoms with Crippen molar-refractivity contribution in [1.82, 2.24) is 10.2 Å². The summed E-state index contributed by atoms with van der Waals surface area (Å²) in [5.74, 6) is 0.657. The third-order valence-electron chi connectivity index (χ3n) is 4.67. The zero-order valence-corrected chi connectivity index (χ0v) is 16.5. The maximum absolute atomic E-state index is 12.3. The molecule has 0 bridgehead atoms. The molecule has 2 rings (SSSR count). The fourth-order valence-corrected chi connectivity index (χ4v) is 4.35. The van der Waals surface area contributed by atoms with Crippen LogP contribution in [0.2, 0.25) is 5.02 Å². The molecule has 1 heterocycles. The Balaban J connectivity index is 2.04. The first kappa shape index (κ1) is 20.0. The van der Waals surface area contributed by atoms with Gasteiger partial charge in [0.2, 0.25) is 0 Å². The first-order valence-corrected chi connectivity index (χ1v) is 10.5. The average Bonchev–Trinajstić information content (AvgIpc) is 2.57. The molecule has 0 radical (unpaired) electrons. The maximum atomic E-state index is 12.3. The molecule has 0 aliphatic carbocycles. The Labute approximate surface area is 155 Å². The van der Waals surface area contributed by atoms with Gasteiger partial charge in [0.15, 0.2) is 15.8 Å². The second-order valence-electron chi connectivity index (χ2n) is 6.45. The summed E-state index contributed by atoms with van der Waals surface area (Å²) in [5, 5.41) is 3.93. The van der Waals surface area contributed by atoms with Crippen LogP contribution in [0.4, 0.5) is 0 Å². The lowest BCUT2D eigenvalue weighted by Crippen LogP contribution is -2.53. The van der Waals surface area contributed by atoms with Gasteiger partial charge in [0.1, 0.15) is 0 Å². The van der Waals surface area contributed by atoms with Crippen molar-refractivity contribution in [1.29, 1.82) is 0 Å². The van der Waals surface area contributed by atoms with Gasteiger partial charge in [-0.2, -0.15) is 0 Å². The van der Waals surface area contributed by atoms with E-state index in [1.54, 1.807) is 7.05 Å². The number of rotatable bonds is 5. The third kappa shape index (κ3) is 5.09. The number of nitrogens with one attached hydrogen (secondary N) is 1. The highest BCUT2D eigenvalue weighted by Gasteiger charge is 2.42. The van der Waals surface area contributed by atoms with Gasteiger partial charge in [0.25, 0.3) is 0 Å². The topological polar surface area (TPSA) is 71.0 Å². The van der Waals surface area contributed by atoms with Crippen LogP contribution in [0.15, 0.2) is 29.3 Å². The number of ether oxygens (including phenoxy) is 1. The van der Waals surface area contributed by atoms with Crippen LogP contribution in [0.3, 0.4) is 0 Å². The summed E-state index contributed by atoms with van der Waals surface area (Å²) in [4.78, 5) is 6.24. The van der Waals surface area contributed by atoms with E-state index in [9.17, 15) is 8.42 Å². The molecule has 25 heavy (non-hydrogen) atoms. The van der Waals surface area contributed by atoms with E-state index in [1.807, 2.05) is 36.2 Å². The van der Waals surface area contributed by atoms with Gasteiger partial charge in [-0.3, -0.25) is 4.99 Å². The number of nitrogens with zero attached hydrogens (tertiary/aromatic N) is 2. The first-order chi connectivity index (χ1) is 11.8. The van der Waals surface area contributed by atoms with Crippen LogP contribution in [-0.2, 0) is 21.1 Å². The third-order valence-corrected chi connectivity index (χ3v) is 7.04. The van der Waals surface area contributed by atoms with Crippen molar-refractivity contribution in [2.24, 2.45) is 4.99 Å². The molecule has 1 fully saturated rings. The van der Waals surface area contributed by atoms with Crippen molar-refractivity contribution in [2.45, 2.75) is 24.1 Å². The molecular formula is C17H26ClN3O3S. The van der Waals surface area contributed by atoms with Crippen molar-refractivity contribution in [2.75, 3.05) is 40.1 Å². The number of sulfone groups is 1. The van der Waals surface area contributed by atoms with E-state index >= 15 is 0 Å². The van der Waals surface area contributed by atoms with E-state index in [-0.39, 0.29) is 0 Å². The second-order valence-corrected chi connectivity index (χ2v) is 9.30. The Morgan fingerprint density at radius 2 is 1.92 bits per heavy atom. The molecule has 1 aliphatic rings. The van der Waals surface area contributed by atoms with Crippen LogP contribution in [0, 0.1) is 0 Å². The molecule has 0 aromatic heterocycles. The predicted molar refractivity (Wildman–Crippen MR) is 102 cm³/mol. The molecule has 1 aromatic carbocycles. The predicted octanol–water partition coefficient (Wildman–Crippen LogP) is 1.94. The molecule has 1 saturated heterocycles. The lowest BCUT2D eigenvalue weighted by molar-refractivity contribution is 0.0755. The van der Waals surface area contributed by atoms with Gasteiger partial charge in [-0.25, -0.2) is 8.42 Å². The number of benzene rings is 1. The van der Waals surface area contributed by atoms with Crippen molar-refractivity contribution in [3.05, 3.63) is 34.9 Å². The number of hydrogen-bond acceptors (Lipinski definition) is 4. The van der Waals surface area contributed by atoms with Gasteiger partial charge < -0.3 is 15.0 Å². The van der Waals surface area contributed by atoms with Crippen molar-refractivity contribution < 1.29 is 13.2 Å². The zero-order valence-electron chi connectivity index (χ0n) is 15.0. The van der Waals surface area contributed by atoms with Crippen LogP contribution in [0.25, 0.3) is 0 Å². The summed E-state index contributed by atoms with van der Waals surface area (Å²) in [6.45, 7) is 1.90. The summed E-state index contributed by atoms with van der Waals surface area (Å²) in [5.41, 5.74) is 1.10. The minimum atomic E-state index is -3.21. The van der Waals surface area contributed by atoms with Crippen LogP contribution >= 0.6 is 11.6 Å². The molecule has 0 amide bonds. The van der Waals surface area contributed by atoms with Gasteiger partial charge in [0, 0.05) is 51.7 Å². The van der Waals surface area contributed by atoms with Crippen molar-refractivity contribution in [3.63, 3.8) is 0 Å². The van der Waals surface area contributed by atoms with Crippen LogP contribution in [0.5, 0.6) is 0 Å². The van der Waals surface area contributed by atoms with Crippen molar-refractivity contribution >= 4 is 27.4 Å². The summed E-state index contributed by atoms with van der Waals surface area (Å²) in [6, 6.07) is 7.62. The standard InChI is InChI=1S/C17H26ClN3O3S/c1-19-16(21(2)12-14-4-6-15(18)7-5-14)20-13-17(25(3,22)23)8-10-24-11-9-17/h4-7H,8-13H2,1-3H3,(H,19,20). The highest BCUT2D eigenvalue weighted by Crippen LogP contribution is 2.28. The molecule has 6 nitrogen and oxygen atoms in total. The Kier molecular flexibility index (Phi) is 6.71. The summed E-state index contributed by atoms with van der Waals surface area (Å²) < 4.78 is 29.2. The molecule has 0 unspecified atom stereocenters. The highest BCUT2D eigenvalue weighted by molar-refractivity contribution is 7.92. The summed E-state index contributed by atoms with van der Waals surface area (Å²) >= 11 is 5.92. The first-order valence-electron chi connectivity index (χ1n) is 8.21. The number of guanidine groups is 1. The van der Waals surface area contributed by atoms with Gasteiger partial charge in [-0.15, -0.1) is 0 Å². The SMILES string of the molecule is CN=C(NCC1(S(C)(=O)=O)CCOCC1)N(C)Cc1ccc(Cl)cc1. The Morgan fingerprint density at radius 1 is 1.32 bits per heavy atom. The fourth-order valence-electron chi connectivity index (χ4n) is 2.99. The van der Waals surface area contributed by atoms with E-state index in [4.69, 9.17) is 16.3 Å². The molecule has 0 spiro atoms. The highest BCUT2D eigenvalue weighted by atomic mass is 35.5. The Hall–Kier alpha value is -1.31. The van der Waals surface area contributed by atoms with Crippen LogP contribution in [-0.4, -0.2) is 64.1 Å². The fraction of sp³-hybridized carbons (Fsp3) is 0.588. The second kappa shape index (κ2) is 8.38.